The number of fused-ring (bicyclic) bond motifs is 1. The van der Waals surface area contributed by atoms with Crippen molar-refractivity contribution in [3.63, 3.8) is 0 Å². The standard InChI is InChI=1S/C32H47N5O4S/c1-5-23-6-7-27-29(18-23)42-31(34-27)20-25(19-30(39)33-3)32(40)35-26(24-10-16-41-17-11-24)8-9-28(38)22(2)21-37-14-12-36(4)13-15-37/h6-7,18,24-26H,2,5,8-17,19-21H2,1,3-4H3,(H,33,39)(H,35,40)/t25-,26+/m0/s1. The molecule has 0 radical (unpaired) electrons. The highest BCUT2D eigenvalue weighted by Crippen LogP contribution is 2.28. The number of thiazole rings is 1. The number of benzene rings is 1. The van der Waals surface area contributed by atoms with Crippen molar-refractivity contribution in [2.75, 3.05) is 60.0 Å². The number of piperazine rings is 1. The average Bonchev–Trinajstić information content (AvgIpc) is 3.41. The van der Waals surface area contributed by atoms with Crippen molar-refractivity contribution in [2.45, 2.75) is 57.9 Å². The van der Waals surface area contributed by atoms with E-state index in [2.05, 4.69) is 53.1 Å². The van der Waals surface area contributed by atoms with Gasteiger partial charge in [0, 0.05) is 83.9 Å². The zero-order valence-corrected chi connectivity index (χ0v) is 26.3. The molecule has 3 heterocycles. The van der Waals surface area contributed by atoms with E-state index in [1.807, 2.05) is 6.07 Å². The Morgan fingerprint density at radius 3 is 2.60 bits per heavy atom. The number of aromatic nitrogens is 1. The number of ether oxygens (including phenoxy) is 1. The molecular formula is C32H47N5O4S. The van der Waals surface area contributed by atoms with Crippen LogP contribution >= 0.6 is 11.3 Å². The molecule has 2 saturated heterocycles. The molecule has 1 aromatic carbocycles. The molecule has 0 aliphatic carbocycles. The number of aryl methyl sites for hydroxylation is 1. The summed E-state index contributed by atoms with van der Waals surface area (Å²) < 4.78 is 6.68. The van der Waals surface area contributed by atoms with Gasteiger partial charge in [0.2, 0.25) is 11.8 Å². The number of ketones is 1. The molecule has 2 aliphatic rings. The van der Waals surface area contributed by atoms with Gasteiger partial charge in [-0.15, -0.1) is 11.3 Å². The zero-order chi connectivity index (χ0) is 30.1. The molecule has 4 rings (SSSR count). The molecule has 42 heavy (non-hydrogen) atoms. The molecule has 2 fully saturated rings. The van der Waals surface area contributed by atoms with Crippen LogP contribution in [-0.4, -0.2) is 98.5 Å². The van der Waals surface area contributed by atoms with Crippen molar-refractivity contribution in [1.29, 1.82) is 0 Å². The Balaban J connectivity index is 1.42. The first-order valence-electron chi connectivity index (χ1n) is 15.3. The largest absolute Gasteiger partial charge is 0.381 e. The predicted octanol–water partition coefficient (Wildman–Crippen LogP) is 3.22. The van der Waals surface area contributed by atoms with E-state index in [1.54, 1.807) is 18.4 Å². The first-order chi connectivity index (χ1) is 20.2. The Morgan fingerprint density at radius 2 is 1.90 bits per heavy atom. The van der Waals surface area contributed by atoms with Crippen LogP contribution in [0.1, 0.15) is 49.6 Å². The van der Waals surface area contributed by atoms with Crippen molar-refractivity contribution in [3.05, 3.63) is 40.9 Å². The summed E-state index contributed by atoms with van der Waals surface area (Å²) in [5.74, 6) is -0.615. The number of amides is 2. The van der Waals surface area contributed by atoms with Gasteiger partial charge in [-0.05, 0) is 56.3 Å². The molecule has 0 spiro atoms. The maximum atomic E-state index is 13.8. The maximum Gasteiger partial charge on any atom is 0.224 e. The van der Waals surface area contributed by atoms with Gasteiger partial charge < -0.3 is 20.3 Å². The van der Waals surface area contributed by atoms with Crippen molar-refractivity contribution in [1.82, 2.24) is 25.4 Å². The lowest BCUT2D eigenvalue weighted by atomic mass is 9.87. The Morgan fingerprint density at radius 1 is 1.17 bits per heavy atom. The highest BCUT2D eigenvalue weighted by molar-refractivity contribution is 7.18. The summed E-state index contributed by atoms with van der Waals surface area (Å²) in [5.41, 5.74) is 2.80. The summed E-state index contributed by atoms with van der Waals surface area (Å²) in [6, 6.07) is 6.09. The third kappa shape index (κ3) is 9.17. The van der Waals surface area contributed by atoms with Gasteiger partial charge in [-0.3, -0.25) is 19.3 Å². The number of nitrogens with one attached hydrogen (secondary N) is 2. The summed E-state index contributed by atoms with van der Waals surface area (Å²) in [4.78, 5) is 48.7. The van der Waals surface area contributed by atoms with Crippen molar-refractivity contribution < 1.29 is 19.1 Å². The number of carbonyl (C=O) groups excluding carboxylic acids is 3. The molecule has 2 aliphatic heterocycles. The number of likely N-dealkylation sites (N-methyl/N-ethyl adjacent to an activating group) is 1. The molecule has 0 unspecified atom stereocenters. The van der Waals surface area contributed by atoms with Crippen molar-refractivity contribution >= 4 is 39.2 Å². The smallest absolute Gasteiger partial charge is 0.224 e. The van der Waals surface area contributed by atoms with Crippen LogP contribution in [0.25, 0.3) is 10.2 Å². The number of nitrogens with zero attached hydrogens (tertiary/aromatic N) is 3. The Bertz CT molecular complexity index is 1230. The summed E-state index contributed by atoms with van der Waals surface area (Å²) in [6.07, 6.45) is 3.97. The van der Waals surface area contributed by atoms with Crippen molar-refractivity contribution in [3.8, 4) is 0 Å². The third-order valence-electron chi connectivity index (χ3n) is 8.66. The fourth-order valence-corrected chi connectivity index (χ4v) is 6.90. The summed E-state index contributed by atoms with van der Waals surface area (Å²) in [6.45, 7) is 12.0. The van der Waals surface area contributed by atoms with E-state index in [4.69, 9.17) is 9.72 Å². The van der Waals surface area contributed by atoms with Crippen LogP contribution < -0.4 is 10.6 Å². The van der Waals surface area contributed by atoms with E-state index in [1.165, 1.54) is 5.56 Å². The second kappa shape index (κ2) is 15.7. The quantitative estimate of drug-likeness (QED) is 0.323. The molecular weight excluding hydrogens is 550 g/mol. The van der Waals surface area contributed by atoms with Gasteiger partial charge in [0.1, 0.15) is 0 Å². The summed E-state index contributed by atoms with van der Waals surface area (Å²) in [5, 5.41) is 6.79. The topological polar surface area (TPSA) is 104 Å². The highest BCUT2D eigenvalue weighted by atomic mass is 32.1. The maximum absolute atomic E-state index is 13.8. The fraction of sp³-hybridized carbons (Fsp3) is 0.625. The first-order valence-corrected chi connectivity index (χ1v) is 16.2. The number of rotatable bonds is 14. The molecule has 2 amide bonds. The van der Waals surface area contributed by atoms with Crippen LogP contribution in [0.3, 0.4) is 0 Å². The lowest BCUT2D eigenvalue weighted by Gasteiger charge is -2.33. The average molecular weight is 598 g/mol. The first kappa shape index (κ1) is 32.3. The minimum absolute atomic E-state index is 0.0584. The number of hydrogen-bond donors (Lipinski definition) is 2. The van der Waals surface area contributed by atoms with E-state index in [9.17, 15) is 14.4 Å². The molecule has 230 valence electrons. The van der Waals surface area contributed by atoms with Crippen LogP contribution in [-0.2, 0) is 32.0 Å². The van der Waals surface area contributed by atoms with Gasteiger partial charge in [-0.2, -0.15) is 0 Å². The molecule has 2 atom stereocenters. The molecule has 0 bridgehead atoms. The minimum Gasteiger partial charge on any atom is -0.381 e. The second-order valence-electron chi connectivity index (χ2n) is 11.8. The van der Waals surface area contributed by atoms with Gasteiger partial charge >= 0.3 is 0 Å². The lowest BCUT2D eigenvalue weighted by molar-refractivity contribution is -0.131. The lowest BCUT2D eigenvalue weighted by Crippen LogP contribution is -2.46. The molecule has 9 nitrogen and oxygen atoms in total. The van der Waals surface area contributed by atoms with Crippen LogP contribution in [0.4, 0.5) is 0 Å². The van der Waals surface area contributed by atoms with Crippen LogP contribution in [0, 0.1) is 11.8 Å². The van der Waals surface area contributed by atoms with Gasteiger partial charge in [-0.25, -0.2) is 4.98 Å². The Kier molecular flexibility index (Phi) is 12.1. The van der Waals surface area contributed by atoms with Crippen LogP contribution in [0.15, 0.2) is 30.4 Å². The van der Waals surface area contributed by atoms with Crippen LogP contribution in [0.5, 0.6) is 0 Å². The van der Waals surface area contributed by atoms with E-state index in [0.717, 1.165) is 60.7 Å². The number of hydrogen-bond acceptors (Lipinski definition) is 8. The van der Waals surface area contributed by atoms with E-state index < -0.39 is 5.92 Å². The zero-order valence-electron chi connectivity index (χ0n) is 25.5. The van der Waals surface area contributed by atoms with Gasteiger partial charge in [-0.1, -0.05) is 19.6 Å². The third-order valence-corrected chi connectivity index (χ3v) is 9.70. The van der Waals surface area contributed by atoms with Gasteiger partial charge in [0.05, 0.1) is 21.1 Å². The Labute approximate surface area is 254 Å². The Hall–Kier alpha value is -2.66. The van der Waals surface area contributed by atoms with Crippen LogP contribution in [0.2, 0.25) is 0 Å². The normalized spacial score (nSPS) is 18.5. The molecule has 2 N–H and O–H groups in total. The fourth-order valence-electron chi connectivity index (χ4n) is 5.79. The predicted molar refractivity (Wildman–Crippen MR) is 168 cm³/mol. The van der Waals surface area contributed by atoms with Gasteiger partial charge in [0.15, 0.2) is 5.78 Å². The molecule has 10 heteroatoms. The molecule has 0 saturated carbocycles. The summed E-state index contributed by atoms with van der Waals surface area (Å²) >= 11 is 1.59. The van der Waals surface area contributed by atoms with Gasteiger partial charge in [0.25, 0.3) is 0 Å². The number of carbonyl (C=O) groups is 3. The second-order valence-corrected chi connectivity index (χ2v) is 12.9. The minimum atomic E-state index is -0.554. The van der Waals surface area contributed by atoms with Crippen molar-refractivity contribution in [2.24, 2.45) is 11.8 Å². The highest BCUT2D eigenvalue weighted by Gasteiger charge is 2.31. The van der Waals surface area contributed by atoms with E-state index >= 15 is 0 Å². The molecule has 1 aromatic heterocycles. The van der Waals surface area contributed by atoms with E-state index in [-0.39, 0.29) is 36.0 Å². The SMILES string of the molecule is C=C(CN1CCN(C)CC1)C(=O)CC[C@@H](NC(=O)[C@@H](CC(=O)NC)Cc1nc2ccc(CC)cc2s1)C1CCOCC1. The summed E-state index contributed by atoms with van der Waals surface area (Å²) in [7, 11) is 3.70. The monoisotopic (exact) mass is 597 g/mol. The number of Topliss-reactive ketones (excluding diaryl/α,β-unsaturated/α-hetero) is 1. The van der Waals surface area contributed by atoms with E-state index in [0.29, 0.717) is 44.6 Å². The molecule has 2 aromatic rings.